The number of unbranched alkanes of at least 4 members (excludes halogenated alkanes) is 1. The van der Waals surface area contributed by atoms with Gasteiger partial charge in [0.2, 0.25) is 9.84 Å². The second-order valence-corrected chi connectivity index (χ2v) is 7.00. The van der Waals surface area contributed by atoms with E-state index in [1.54, 1.807) is 6.07 Å². The topological polar surface area (TPSA) is 46.2 Å². The van der Waals surface area contributed by atoms with Gasteiger partial charge in [-0.1, -0.05) is 38.8 Å². The molecule has 0 heterocycles. The van der Waals surface area contributed by atoms with Gasteiger partial charge in [-0.15, -0.1) is 0 Å². The van der Waals surface area contributed by atoms with Crippen LogP contribution in [0.4, 0.5) is 14.5 Å². The predicted molar refractivity (Wildman–Crippen MR) is 76.8 cm³/mol. The third kappa shape index (κ3) is 4.74. The quantitative estimate of drug-likeness (QED) is 0.740. The maximum Gasteiger partial charge on any atom is 0.341 e. The van der Waals surface area contributed by atoms with Gasteiger partial charge in [-0.25, -0.2) is 8.42 Å². The summed E-state index contributed by atoms with van der Waals surface area (Å²) in [5.41, 5.74) is 0.248. The van der Waals surface area contributed by atoms with Gasteiger partial charge in [0.25, 0.3) is 0 Å². The lowest BCUT2D eigenvalue weighted by Crippen LogP contribution is -2.14. The summed E-state index contributed by atoms with van der Waals surface area (Å²) in [5, 5.41) is 2.94. The van der Waals surface area contributed by atoms with Crippen LogP contribution in [-0.2, 0) is 9.84 Å². The standard InChI is InChI=1S/C14H21F2NO2S/c1-11(2)7-5-6-10-17-12-8-3-4-9-13(12)20(18,19)14(15)16/h3-4,8-9,11,14,17H,5-7,10H2,1-2H3. The van der Waals surface area contributed by atoms with Crippen molar-refractivity contribution in [1.29, 1.82) is 0 Å². The Kier molecular flexibility index (Phi) is 6.39. The molecular weight excluding hydrogens is 284 g/mol. The van der Waals surface area contributed by atoms with Crippen LogP contribution < -0.4 is 5.32 Å². The maximum absolute atomic E-state index is 12.6. The largest absolute Gasteiger partial charge is 0.384 e. The summed E-state index contributed by atoms with van der Waals surface area (Å²) in [5.74, 6) is -2.77. The molecule has 0 saturated carbocycles. The summed E-state index contributed by atoms with van der Waals surface area (Å²) < 4.78 is 48.3. The van der Waals surface area contributed by atoms with Crippen molar-refractivity contribution in [2.45, 2.75) is 43.8 Å². The van der Waals surface area contributed by atoms with Crippen LogP contribution in [0.2, 0.25) is 0 Å². The Morgan fingerprint density at radius 3 is 2.40 bits per heavy atom. The average Bonchev–Trinajstić information content (AvgIpc) is 2.38. The minimum Gasteiger partial charge on any atom is -0.384 e. The van der Waals surface area contributed by atoms with Gasteiger partial charge in [-0.05, 0) is 24.5 Å². The number of rotatable bonds is 8. The number of benzene rings is 1. The van der Waals surface area contributed by atoms with E-state index in [0.29, 0.717) is 12.5 Å². The van der Waals surface area contributed by atoms with Crippen LogP contribution in [0.5, 0.6) is 0 Å². The predicted octanol–water partition coefficient (Wildman–Crippen LogP) is 3.92. The second-order valence-electron chi connectivity index (χ2n) is 5.12. The fourth-order valence-electron chi connectivity index (χ4n) is 1.86. The molecule has 0 aliphatic carbocycles. The minimum atomic E-state index is -4.56. The lowest BCUT2D eigenvalue weighted by Gasteiger charge is -2.12. The molecule has 0 saturated heterocycles. The van der Waals surface area contributed by atoms with Crippen LogP contribution >= 0.6 is 0 Å². The molecule has 0 fully saturated rings. The molecule has 0 aliphatic heterocycles. The van der Waals surface area contributed by atoms with E-state index in [9.17, 15) is 17.2 Å². The molecule has 6 heteroatoms. The van der Waals surface area contributed by atoms with Crippen molar-refractivity contribution in [2.24, 2.45) is 5.92 Å². The van der Waals surface area contributed by atoms with E-state index in [2.05, 4.69) is 19.2 Å². The molecule has 1 rings (SSSR count). The van der Waals surface area contributed by atoms with E-state index in [0.717, 1.165) is 19.3 Å². The number of alkyl halides is 2. The first kappa shape index (κ1) is 16.9. The van der Waals surface area contributed by atoms with Gasteiger partial charge in [0, 0.05) is 6.54 Å². The minimum absolute atomic E-state index is 0.248. The van der Waals surface area contributed by atoms with E-state index < -0.39 is 15.6 Å². The van der Waals surface area contributed by atoms with Crippen molar-refractivity contribution >= 4 is 15.5 Å². The molecule has 0 bridgehead atoms. The SMILES string of the molecule is CC(C)CCCCNc1ccccc1S(=O)(=O)C(F)F. The molecule has 0 spiro atoms. The molecular formula is C14H21F2NO2S. The van der Waals surface area contributed by atoms with Crippen molar-refractivity contribution in [2.75, 3.05) is 11.9 Å². The summed E-state index contributed by atoms with van der Waals surface area (Å²) in [4.78, 5) is -0.334. The molecule has 114 valence electrons. The molecule has 20 heavy (non-hydrogen) atoms. The number of nitrogens with one attached hydrogen (secondary N) is 1. The van der Waals surface area contributed by atoms with Gasteiger partial charge in [0.05, 0.1) is 10.6 Å². The molecule has 3 nitrogen and oxygen atoms in total. The van der Waals surface area contributed by atoms with E-state index in [1.165, 1.54) is 18.2 Å². The summed E-state index contributed by atoms with van der Waals surface area (Å²) >= 11 is 0. The van der Waals surface area contributed by atoms with Crippen molar-refractivity contribution in [3.05, 3.63) is 24.3 Å². The molecule has 1 aromatic carbocycles. The van der Waals surface area contributed by atoms with E-state index in [-0.39, 0.29) is 10.6 Å². The Bertz CT molecular complexity index is 516. The van der Waals surface area contributed by atoms with Crippen molar-refractivity contribution in [3.8, 4) is 0 Å². The summed E-state index contributed by atoms with van der Waals surface area (Å²) in [6.07, 6.45) is 2.99. The van der Waals surface area contributed by atoms with Gasteiger partial charge >= 0.3 is 5.76 Å². The zero-order valence-corrected chi connectivity index (χ0v) is 12.6. The third-order valence-electron chi connectivity index (χ3n) is 2.95. The number of halogens is 2. The van der Waals surface area contributed by atoms with E-state index >= 15 is 0 Å². The fourth-order valence-corrected chi connectivity index (χ4v) is 2.76. The number of para-hydroxylation sites is 1. The van der Waals surface area contributed by atoms with E-state index in [1.807, 2.05) is 0 Å². The highest BCUT2D eigenvalue weighted by Crippen LogP contribution is 2.26. The highest BCUT2D eigenvalue weighted by molar-refractivity contribution is 7.91. The van der Waals surface area contributed by atoms with Crippen molar-refractivity contribution < 1.29 is 17.2 Å². The fraction of sp³-hybridized carbons (Fsp3) is 0.571. The Morgan fingerprint density at radius 2 is 1.80 bits per heavy atom. The first-order valence-electron chi connectivity index (χ1n) is 6.70. The molecule has 0 radical (unpaired) electrons. The highest BCUT2D eigenvalue weighted by Gasteiger charge is 2.28. The van der Waals surface area contributed by atoms with Crippen LogP contribution in [0.25, 0.3) is 0 Å². The molecule has 0 unspecified atom stereocenters. The first-order chi connectivity index (χ1) is 9.35. The van der Waals surface area contributed by atoms with Gasteiger partial charge < -0.3 is 5.32 Å². The molecule has 1 N–H and O–H groups in total. The maximum atomic E-state index is 12.6. The lowest BCUT2D eigenvalue weighted by molar-refractivity contribution is 0.235. The highest BCUT2D eigenvalue weighted by atomic mass is 32.2. The van der Waals surface area contributed by atoms with Gasteiger partial charge in [-0.3, -0.25) is 0 Å². The van der Waals surface area contributed by atoms with E-state index in [4.69, 9.17) is 0 Å². The van der Waals surface area contributed by atoms with Crippen molar-refractivity contribution in [1.82, 2.24) is 0 Å². The lowest BCUT2D eigenvalue weighted by atomic mass is 10.1. The monoisotopic (exact) mass is 305 g/mol. The summed E-state index contributed by atoms with van der Waals surface area (Å²) in [6.45, 7) is 4.85. The Labute approximate surface area is 119 Å². The number of sulfone groups is 1. The number of hydrogen-bond donors (Lipinski definition) is 1. The first-order valence-corrected chi connectivity index (χ1v) is 8.25. The third-order valence-corrected chi connectivity index (χ3v) is 4.39. The van der Waals surface area contributed by atoms with Crippen LogP contribution in [-0.4, -0.2) is 20.7 Å². The van der Waals surface area contributed by atoms with Crippen LogP contribution in [0.15, 0.2) is 29.2 Å². The molecule has 0 atom stereocenters. The van der Waals surface area contributed by atoms with Gasteiger partial charge in [0.1, 0.15) is 0 Å². The van der Waals surface area contributed by atoms with Crippen molar-refractivity contribution in [3.63, 3.8) is 0 Å². The molecule has 1 aromatic rings. The Morgan fingerprint density at radius 1 is 1.15 bits per heavy atom. The zero-order chi connectivity index (χ0) is 15.2. The van der Waals surface area contributed by atoms with Crippen LogP contribution in [0.3, 0.4) is 0 Å². The average molecular weight is 305 g/mol. The van der Waals surface area contributed by atoms with Gasteiger partial charge in [0.15, 0.2) is 0 Å². The molecule has 0 amide bonds. The zero-order valence-electron chi connectivity index (χ0n) is 11.8. The van der Waals surface area contributed by atoms with Gasteiger partial charge in [-0.2, -0.15) is 8.78 Å². The summed E-state index contributed by atoms with van der Waals surface area (Å²) in [6, 6.07) is 5.79. The Hall–Kier alpha value is -1.17. The van der Waals surface area contributed by atoms with Crippen LogP contribution in [0.1, 0.15) is 33.1 Å². The van der Waals surface area contributed by atoms with Crippen LogP contribution in [0, 0.1) is 5.92 Å². The second kappa shape index (κ2) is 7.57. The molecule has 0 aliphatic rings. The summed E-state index contributed by atoms with van der Waals surface area (Å²) in [7, 11) is -4.56. The normalized spacial score (nSPS) is 12.1. The number of hydrogen-bond acceptors (Lipinski definition) is 3. The number of anilines is 1. The smallest absolute Gasteiger partial charge is 0.341 e. The molecule has 0 aromatic heterocycles. The Balaban J connectivity index is 2.68.